The van der Waals surface area contributed by atoms with Crippen LogP contribution in [0.2, 0.25) is 0 Å². The Labute approximate surface area is 167 Å². The zero-order chi connectivity index (χ0) is 20.6. The van der Waals surface area contributed by atoms with Gasteiger partial charge < -0.3 is 10.6 Å². The largest absolute Gasteiger partial charge is 0.369 e. The number of nitrogens with zero attached hydrogens (tertiary/aromatic N) is 3. The highest BCUT2D eigenvalue weighted by molar-refractivity contribution is 7.91. The molecule has 3 aromatic rings. The average Bonchev–Trinajstić information content (AvgIpc) is 2.73. The summed E-state index contributed by atoms with van der Waals surface area (Å²) in [7, 11) is -4.03. The Bertz CT molecular complexity index is 1170. The molecular weight excluding hydrogens is 395 g/mol. The maximum absolute atomic E-state index is 13.3. The summed E-state index contributed by atoms with van der Waals surface area (Å²) in [5.41, 5.74) is 6.42. The number of halogens is 1. The predicted molar refractivity (Wildman–Crippen MR) is 106 cm³/mol. The molecule has 0 radical (unpaired) electrons. The molecule has 29 heavy (non-hydrogen) atoms. The van der Waals surface area contributed by atoms with E-state index in [-0.39, 0.29) is 27.6 Å². The van der Waals surface area contributed by atoms with E-state index in [0.717, 1.165) is 12.1 Å². The van der Waals surface area contributed by atoms with Gasteiger partial charge in [0.15, 0.2) is 5.82 Å². The first-order chi connectivity index (χ1) is 13.9. The van der Waals surface area contributed by atoms with Gasteiger partial charge in [0.2, 0.25) is 20.8 Å². The van der Waals surface area contributed by atoms with Gasteiger partial charge in [-0.05, 0) is 49.2 Å². The molecule has 0 bridgehead atoms. The van der Waals surface area contributed by atoms with Crippen molar-refractivity contribution in [1.82, 2.24) is 9.97 Å². The topological polar surface area (TPSA) is 106 Å². The van der Waals surface area contributed by atoms with E-state index in [0.29, 0.717) is 37.0 Å². The first kappa shape index (κ1) is 19.3. The molecule has 2 N–H and O–H groups in total. The first-order valence-corrected chi connectivity index (χ1v) is 10.7. The number of fused-ring (bicyclic) bond motifs is 1. The normalized spacial score (nSPS) is 15.6. The molecule has 9 heteroatoms. The Balaban J connectivity index is 1.83. The lowest BCUT2D eigenvalue weighted by Gasteiger charge is -2.32. The second kappa shape index (κ2) is 7.40. The molecule has 1 aromatic heterocycles. The molecule has 2 aromatic carbocycles. The van der Waals surface area contributed by atoms with Crippen molar-refractivity contribution < 1.29 is 17.6 Å². The van der Waals surface area contributed by atoms with Crippen LogP contribution in [-0.4, -0.2) is 37.4 Å². The minimum Gasteiger partial charge on any atom is -0.369 e. The quantitative estimate of drug-likeness (QED) is 0.657. The third kappa shape index (κ3) is 3.65. The van der Waals surface area contributed by atoms with E-state index in [4.69, 9.17) is 5.73 Å². The molecule has 7 nitrogen and oxygen atoms in total. The number of nitrogens with two attached hydrogens (primary N) is 1. The van der Waals surface area contributed by atoms with Crippen LogP contribution in [0.3, 0.4) is 0 Å². The number of piperidine rings is 1. The van der Waals surface area contributed by atoms with E-state index in [2.05, 4.69) is 9.97 Å². The van der Waals surface area contributed by atoms with E-state index in [1.807, 2.05) is 4.90 Å². The zero-order valence-corrected chi connectivity index (χ0v) is 16.3. The number of hydrogen-bond donors (Lipinski definition) is 1. The number of amides is 1. The number of sulfone groups is 1. The number of carbonyl (C=O) groups excluding carboxylic acids is 1. The average molecular weight is 414 g/mol. The third-order valence-electron chi connectivity index (χ3n) is 5.10. The third-order valence-corrected chi connectivity index (χ3v) is 6.77. The molecule has 1 saturated heterocycles. The molecule has 0 saturated carbocycles. The number of primary amides is 1. The van der Waals surface area contributed by atoms with Gasteiger partial charge >= 0.3 is 0 Å². The lowest BCUT2D eigenvalue weighted by Crippen LogP contribution is -2.39. The van der Waals surface area contributed by atoms with Crippen LogP contribution in [0.4, 0.5) is 10.2 Å². The maximum atomic E-state index is 13.3. The molecule has 2 heterocycles. The van der Waals surface area contributed by atoms with Crippen LogP contribution in [0.5, 0.6) is 0 Å². The van der Waals surface area contributed by atoms with E-state index in [9.17, 15) is 17.6 Å². The molecule has 0 atom stereocenters. The van der Waals surface area contributed by atoms with Crippen molar-refractivity contribution in [2.24, 2.45) is 11.7 Å². The molecule has 0 spiro atoms. The summed E-state index contributed by atoms with van der Waals surface area (Å²) in [4.78, 5) is 22.2. The van der Waals surface area contributed by atoms with Gasteiger partial charge in [-0.2, -0.15) is 0 Å². The molecule has 0 aliphatic carbocycles. The summed E-state index contributed by atoms with van der Waals surface area (Å²) in [6.45, 7) is 0.874. The highest BCUT2D eigenvalue weighted by Gasteiger charge is 2.31. The van der Waals surface area contributed by atoms with E-state index in [1.54, 1.807) is 24.3 Å². The van der Waals surface area contributed by atoms with Gasteiger partial charge in [-0.25, -0.2) is 22.8 Å². The summed E-state index contributed by atoms with van der Waals surface area (Å²) in [5.74, 6) is -0.886. The number of carbonyl (C=O) groups is 1. The fraction of sp³-hybridized carbons (Fsp3) is 0.250. The van der Waals surface area contributed by atoms with Crippen LogP contribution in [0.25, 0.3) is 11.0 Å². The summed E-state index contributed by atoms with van der Waals surface area (Å²) in [5, 5.41) is -0.180. The van der Waals surface area contributed by atoms with Crippen LogP contribution < -0.4 is 10.6 Å². The van der Waals surface area contributed by atoms with Crippen LogP contribution in [0.15, 0.2) is 58.5 Å². The molecule has 1 aliphatic heterocycles. The van der Waals surface area contributed by atoms with Crippen molar-refractivity contribution in [1.29, 1.82) is 0 Å². The Morgan fingerprint density at radius 2 is 1.59 bits per heavy atom. The Kier molecular flexibility index (Phi) is 4.91. The molecule has 1 aliphatic rings. The summed E-state index contributed by atoms with van der Waals surface area (Å²) in [6.07, 6.45) is 1.03. The number of anilines is 1. The number of para-hydroxylation sites is 2. The van der Waals surface area contributed by atoms with Gasteiger partial charge in [-0.15, -0.1) is 0 Å². The molecule has 0 unspecified atom stereocenters. The predicted octanol–water partition coefficient (Wildman–Crippen LogP) is 2.30. The molecular formula is C20H19FN4O3S. The van der Waals surface area contributed by atoms with Crippen LogP contribution in [0.1, 0.15) is 12.8 Å². The molecule has 1 amide bonds. The number of benzene rings is 2. The van der Waals surface area contributed by atoms with Gasteiger partial charge in [-0.1, -0.05) is 12.1 Å². The van der Waals surface area contributed by atoms with Crippen molar-refractivity contribution in [3.05, 3.63) is 54.3 Å². The maximum Gasteiger partial charge on any atom is 0.227 e. The summed E-state index contributed by atoms with van der Waals surface area (Å²) >= 11 is 0. The monoisotopic (exact) mass is 414 g/mol. The minimum atomic E-state index is -4.03. The lowest BCUT2D eigenvalue weighted by atomic mass is 9.96. The first-order valence-electron chi connectivity index (χ1n) is 9.18. The van der Waals surface area contributed by atoms with Crippen molar-refractivity contribution >= 4 is 32.6 Å². The van der Waals surface area contributed by atoms with Gasteiger partial charge in [-0.3, -0.25) is 4.79 Å². The Morgan fingerprint density at radius 1 is 1.00 bits per heavy atom. The van der Waals surface area contributed by atoms with Crippen molar-refractivity contribution in [2.45, 2.75) is 22.8 Å². The second-order valence-corrected chi connectivity index (χ2v) is 8.83. The number of rotatable bonds is 4. The van der Waals surface area contributed by atoms with E-state index >= 15 is 0 Å². The Morgan fingerprint density at radius 3 is 2.17 bits per heavy atom. The fourth-order valence-electron chi connectivity index (χ4n) is 3.46. The molecule has 1 fully saturated rings. The minimum absolute atomic E-state index is 0.0586. The fourth-order valence-corrected chi connectivity index (χ4v) is 4.81. The number of hydrogen-bond acceptors (Lipinski definition) is 6. The highest BCUT2D eigenvalue weighted by atomic mass is 32.2. The summed E-state index contributed by atoms with van der Waals surface area (Å²) < 4.78 is 39.9. The van der Waals surface area contributed by atoms with E-state index < -0.39 is 15.7 Å². The highest BCUT2D eigenvalue weighted by Crippen LogP contribution is 2.32. The van der Waals surface area contributed by atoms with Crippen molar-refractivity contribution in [3.8, 4) is 0 Å². The van der Waals surface area contributed by atoms with Gasteiger partial charge in [0.1, 0.15) is 5.82 Å². The van der Waals surface area contributed by atoms with Crippen LogP contribution in [0, 0.1) is 11.7 Å². The standard InChI is InChI=1S/C20H19FN4O3S/c21-14-5-7-15(8-6-14)29(27,28)20-19(23-16-3-1-2-4-17(16)24-20)25-11-9-13(10-12-25)18(22)26/h1-8,13H,9-12H2,(H2,22,26). The van der Waals surface area contributed by atoms with Gasteiger partial charge in [0.25, 0.3) is 0 Å². The zero-order valence-electron chi connectivity index (χ0n) is 15.5. The number of aromatic nitrogens is 2. The van der Waals surface area contributed by atoms with Crippen molar-refractivity contribution in [3.63, 3.8) is 0 Å². The lowest BCUT2D eigenvalue weighted by molar-refractivity contribution is -0.122. The Hall–Kier alpha value is -3.07. The van der Waals surface area contributed by atoms with Crippen molar-refractivity contribution in [2.75, 3.05) is 18.0 Å². The van der Waals surface area contributed by atoms with Crippen LogP contribution in [-0.2, 0) is 14.6 Å². The summed E-state index contributed by atoms with van der Waals surface area (Å²) in [6, 6.07) is 11.6. The SMILES string of the molecule is NC(=O)C1CCN(c2nc3ccccc3nc2S(=O)(=O)c2ccc(F)cc2)CC1. The molecule has 150 valence electrons. The molecule has 4 rings (SSSR count). The van der Waals surface area contributed by atoms with Gasteiger partial charge in [0, 0.05) is 19.0 Å². The van der Waals surface area contributed by atoms with E-state index in [1.165, 1.54) is 12.1 Å². The second-order valence-electron chi connectivity index (χ2n) is 6.96. The van der Waals surface area contributed by atoms with Gasteiger partial charge in [0.05, 0.1) is 15.9 Å². The van der Waals surface area contributed by atoms with Crippen LogP contribution >= 0.6 is 0 Å². The smallest absolute Gasteiger partial charge is 0.227 e.